The van der Waals surface area contributed by atoms with E-state index in [1.165, 1.54) is 18.3 Å². The van der Waals surface area contributed by atoms with Crippen LogP contribution in [0.15, 0.2) is 36.7 Å². The Bertz CT molecular complexity index is 793. The van der Waals surface area contributed by atoms with E-state index in [1.54, 1.807) is 19.1 Å². The summed E-state index contributed by atoms with van der Waals surface area (Å²) in [7, 11) is 0. The van der Waals surface area contributed by atoms with Crippen molar-refractivity contribution in [3.05, 3.63) is 58.6 Å². The third kappa shape index (κ3) is 5.73. The Labute approximate surface area is 152 Å². The van der Waals surface area contributed by atoms with Crippen LogP contribution in [-0.4, -0.2) is 22.4 Å². The lowest BCUT2D eigenvalue weighted by Crippen LogP contribution is -2.19. The van der Waals surface area contributed by atoms with Crippen molar-refractivity contribution >= 4 is 23.6 Å². The molecule has 0 spiro atoms. The molecule has 0 aliphatic heterocycles. The third-order valence-electron chi connectivity index (χ3n) is 3.11. The number of carbonyl (C=O) groups excluding carboxylic acids is 1. The van der Waals surface area contributed by atoms with Crippen molar-refractivity contribution in [2.24, 2.45) is 0 Å². The van der Waals surface area contributed by atoms with Crippen LogP contribution in [0.25, 0.3) is 6.08 Å². The molecule has 0 aliphatic rings. The molecule has 0 fully saturated rings. The molecule has 2 heterocycles. The third-order valence-corrected chi connectivity index (χ3v) is 3.34. The van der Waals surface area contributed by atoms with Gasteiger partial charge in [0.05, 0.1) is 16.4 Å². The molecular weight excluding hydrogens is 371 g/mol. The number of nitrogens with zero attached hydrogens (tertiary/aromatic N) is 2. The van der Waals surface area contributed by atoms with Crippen LogP contribution in [-0.2, 0) is 17.6 Å². The maximum absolute atomic E-state index is 13.1. The second kappa shape index (κ2) is 8.66. The number of likely N-dealkylation sites (N-methyl/N-ethyl adjacent to an activating group) is 1. The summed E-state index contributed by atoms with van der Waals surface area (Å²) in [6.07, 6.45) is -0.0975. The molecule has 26 heavy (non-hydrogen) atoms. The SMILES string of the molecule is CCNC(=O)/C=C/c1cc(OCc2ccc(Cl)cn2)c(C(F)(F)F)cn1. The Kier molecular flexibility index (Phi) is 6.57. The van der Waals surface area contributed by atoms with Crippen LogP contribution in [0.2, 0.25) is 5.02 Å². The van der Waals surface area contributed by atoms with E-state index in [0.29, 0.717) is 23.5 Å². The number of rotatable bonds is 6. The monoisotopic (exact) mass is 385 g/mol. The topological polar surface area (TPSA) is 64.1 Å². The van der Waals surface area contributed by atoms with E-state index in [-0.39, 0.29) is 18.2 Å². The lowest BCUT2D eigenvalue weighted by molar-refractivity contribution is -0.139. The average molecular weight is 386 g/mol. The first-order valence-corrected chi connectivity index (χ1v) is 7.93. The normalized spacial score (nSPS) is 11.6. The molecule has 0 bridgehead atoms. The van der Waals surface area contributed by atoms with Crippen LogP contribution < -0.4 is 10.1 Å². The number of amides is 1. The Hall–Kier alpha value is -2.61. The zero-order valence-corrected chi connectivity index (χ0v) is 14.4. The number of halogens is 4. The Morgan fingerprint density at radius 3 is 2.69 bits per heavy atom. The standard InChI is InChI=1S/C17H15ClF3N3O2/c1-2-22-16(25)6-5-12-7-15(14(9-24-12)17(19,20)21)26-10-13-4-3-11(18)8-23-13/h3-9H,2,10H2,1H3,(H,22,25)/b6-5+. The molecule has 138 valence electrons. The highest BCUT2D eigenvalue weighted by Crippen LogP contribution is 2.36. The van der Waals surface area contributed by atoms with Crippen molar-refractivity contribution in [2.75, 3.05) is 6.54 Å². The number of ether oxygens (including phenoxy) is 1. The summed E-state index contributed by atoms with van der Waals surface area (Å²) in [5.41, 5.74) is -0.441. The van der Waals surface area contributed by atoms with Crippen molar-refractivity contribution in [1.29, 1.82) is 0 Å². The van der Waals surface area contributed by atoms with Gasteiger partial charge in [0.2, 0.25) is 5.91 Å². The van der Waals surface area contributed by atoms with Crippen LogP contribution >= 0.6 is 11.6 Å². The number of pyridine rings is 2. The van der Waals surface area contributed by atoms with Gasteiger partial charge in [0.15, 0.2) is 0 Å². The minimum absolute atomic E-state index is 0.156. The summed E-state index contributed by atoms with van der Waals surface area (Å²) in [6, 6.07) is 4.23. The van der Waals surface area contributed by atoms with Crippen molar-refractivity contribution in [2.45, 2.75) is 19.7 Å². The molecule has 0 unspecified atom stereocenters. The molecule has 0 saturated carbocycles. The van der Waals surface area contributed by atoms with E-state index in [0.717, 1.165) is 6.07 Å². The molecule has 1 N–H and O–H groups in total. The summed E-state index contributed by atoms with van der Waals surface area (Å²) in [6.45, 7) is 2.01. The smallest absolute Gasteiger partial charge is 0.421 e. The van der Waals surface area contributed by atoms with Gasteiger partial charge in [0.1, 0.15) is 17.9 Å². The first-order chi connectivity index (χ1) is 12.3. The molecule has 9 heteroatoms. The largest absolute Gasteiger partial charge is 0.487 e. The minimum atomic E-state index is -4.63. The van der Waals surface area contributed by atoms with E-state index in [2.05, 4.69) is 15.3 Å². The highest BCUT2D eigenvalue weighted by Gasteiger charge is 2.35. The maximum Gasteiger partial charge on any atom is 0.421 e. The predicted octanol–water partition coefficient (Wildman–Crippen LogP) is 3.88. The molecule has 0 saturated heterocycles. The van der Waals surface area contributed by atoms with Gasteiger partial charge in [-0.3, -0.25) is 14.8 Å². The van der Waals surface area contributed by atoms with Gasteiger partial charge in [-0.2, -0.15) is 13.2 Å². The van der Waals surface area contributed by atoms with Crippen molar-refractivity contribution in [3.63, 3.8) is 0 Å². The lowest BCUT2D eigenvalue weighted by Gasteiger charge is -2.14. The van der Waals surface area contributed by atoms with E-state index in [1.807, 2.05) is 0 Å². The molecule has 0 radical (unpaired) electrons. The second-order valence-corrected chi connectivity index (χ2v) is 5.52. The molecular formula is C17H15ClF3N3O2. The molecule has 5 nitrogen and oxygen atoms in total. The molecule has 2 aromatic rings. The van der Waals surface area contributed by atoms with Crippen LogP contribution in [0, 0.1) is 0 Å². The van der Waals surface area contributed by atoms with E-state index in [9.17, 15) is 18.0 Å². The van der Waals surface area contributed by atoms with Gasteiger partial charge in [0.25, 0.3) is 0 Å². The predicted molar refractivity (Wildman–Crippen MR) is 90.5 cm³/mol. The highest BCUT2D eigenvalue weighted by atomic mass is 35.5. The fourth-order valence-corrected chi connectivity index (χ4v) is 2.03. The second-order valence-electron chi connectivity index (χ2n) is 5.09. The summed E-state index contributed by atoms with van der Waals surface area (Å²) in [5.74, 6) is -0.776. The molecule has 1 amide bonds. The van der Waals surface area contributed by atoms with Crippen LogP contribution in [0.1, 0.15) is 23.9 Å². The number of alkyl halides is 3. The number of hydrogen-bond acceptors (Lipinski definition) is 4. The Balaban J connectivity index is 2.23. The first kappa shape index (κ1) is 19.7. The van der Waals surface area contributed by atoms with Crippen LogP contribution in [0.3, 0.4) is 0 Å². The minimum Gasteiger partial charge on any atom is -0.487 e. The van der Waals surface area contributed by atoms with Gasteiger partial charge in [-0.25, -0.2) is 0 Å². The van der Waals surface area contributed by atoms with Gasteiger partial charge < -0.3 is 10.1 Å². The van der Waals surface area contributed by atoms with Crippen molar-refractivity contribution in [3.8, 4) is 5.75 Å². The molecule has 2 rings (SSSR count). The molecule has 2 aromatic heterocycles. The zero-order valence-electron chi connectivity index (χ0n) is 13.7. The maximum atomic E-state index is 13.1. The van der Waals surface area contributed by atoms with Gasteiger partial charge in [-0.05, 0) is 25.1 Å². The number of aromatic nitrogens is 2. The number of carbonyl (C=O) groups is 1. The summed E-state index contributed by atoms with van der Waals surface area (Å²) < 4.78 is 44.7. The Morgan fingerprint density at radius 1 is 1.31 bits per heavy atom. The fraction of sp³-hybridized carbons (Fsp3) is 0.235. The first-order valence-electron chi connectivity index (χ1n) is 7.56. The quantitative estimate of drug-likeness (QED) is 0.766. The van der Waals surface area contributed by atoms with Gasteiger partial charge in [-0.15, -0.1) is 0 Å². The van der Waals surface area contributed by atoms with Gasteiger partial charge >= 0.3 is 6.18 Å². The van der Waals surface area contributed by atoms with Gasteiger partial charge in [0, 0.05) is 31.1 Å². The van der Waals surface area contributed by atoms with Gasteiger partial charge in [-0.1, -0.05) is 11.6 Å². The van der Waals surface area contributed by atoms with E-state index in [4.69, 9.17) is 16.3 Å². The Morgan fingerprint density at radius 2 is 2.08 bits per heavy atom. The lowest BCUT2D eigenvalue weighted by atomic mass is 10.2. The van der Waals surface area contributed by atoms with Crippen LogP contribution in [0.4, 0.5) is 13.2 Å². The number of hydrogen-bond donors (Lipinski definition) is 1. The summed E-state index contributed by atoms with van der Waals surface area (Å²) in [4.78, 5) is 19.1. The molecule has 0 aromatic carbocycles. The molecule has 0 aliphatic carbocycles. The highest BCUT2D eigenvalue weighted by molar-refractivity contribution is 6.30. The van der Waals surface area contributed by atoms with E-state index >= 15 is 0 Å². The van der Waals surface area contributed by atoms with Crippen LogP contribution in [0.5, 0.6) is 5.75 Å². The average Bonchev–Trinajstić information content (AvgIpc) is 2.59. The summed E-state index contributed by atoms with van der Waals surface area (Å²) >= 11 is 5.72. The number of nitrogens with one attached hydrogen (secondary N) is 1. The fourth-order valence-electron chi connectivity index (χ4n) is 1.91. The van der Waals surface area contributed by atoms with E-state index < -0.39 is 17.5 Å². The molecule has 0 atom stereocenters. The zero-order chi connectivity index (χ0) is 19.2. The van der Waals surface area contributed by atoms with Crippen molar-refractivity contribution < 1.29 is 22.7 Å². The van der Waals surface area contributed by atoms with Crippen molar-refractivity contribution in [1.82, 2.24) is 15.3 Å². The summed E-state index contributed by atoms with van der Waals surface area (Å²) in [5, 5.41) is 2.94.